The number of fused-ring (bicyclic) bond motifs is 1. The molecule has 1 aliphatic rings. The van der Waals surface area contributed by atoms with Gasteiger partial charge in [-0.25, -0.2) is 0 Å². The molecule has 0 unspecified atom stereocenters. The highest BCUT2D eigenvalue weighted by Gasteiger charge is 2.22. The Kier molecular flexibility index (Phi) is 5.02. The summed E-state index contributed by atoms with van der Waals surface area (Å²) < 4.78 is 5.45. The standard InChI is InChI=1S/C17H23NO3/c1-3-17(20,4-2)12-18-16(19)8-6-13-5-7-15-14(11-13)9-10-21-15/h5-8,11,20H,3-4,9-10,12H2,1-2H3,(H,18,19). The van der Waals surface area contributed by atoms with Crippen molar-refractivity contribution in [2.75, 3.05) is 13.2 Å². The zero-order valence-electron chi connectivity index (χ0n) is 12.7. The van der Waals surface area contributed by atoms with Crippen LogP contribution >= 0.6 is 0 Å². The number of hydrogen-bond donors (Lipinski definition) is 2. The molecule has 1 aromatic rings. The molecule has 1 aliphatic heterocycles. The van der Waals surface area contributed by atoms with Gasteiger partial charge >= 0.3 is 0 Å². The van der Waals surface area contributed by atoms with Crippen LogP contribution in [0.3, 0.4) is 0 Å². The van der Waals surface area contributed by atoms with E-state index in [0.29, 0.717) is 12.8 Å². The molecule has 0 radical (unpaired) electrons. The minimum Gasteiger partial charge on any atom is -0.493 e. The molecule has 1 amide bonds. The lowest BCUT2D eigenvalue weighted by molar-refractivity contribution is -0.117. The summed E-state index contributed by atoms with van der Waals surface area (Å²) in [6.45, 7) is 4.84. The molecule has 0 saturated heterocycles. The molecule has 0 spiro atoms. The first-order valence-electron chi connectivity index (χ1n) is 7.50. The van der Waals surface area contributed by atoms with E-state index in [9.17, 15) is 9.90 Å². The fourth-order valence-corrected chi connectivity index (χ4v) is 2.29. The third-order valence-corrected chi connectivity index (χ3v) is 4.05. The highest BCUT2D eigenvalue weighted by Crippen LogP contribution is 2.26. The van der Waals surface area contributed by atoms with Crippen LogP contribution < -0.4 is 10.1 Å². The van der Waals surface area contributed by atoms with Crippen LogP contribution in [0.5, 0.6) is 5.75 Å². The Morgan fingerprint density at radius 1 is 1.43 bits per heavy atom. The molecule has 1 heterocycles. The molecule has 2 N–H and O–H groups in total. The van der Waals surface area contributed by atoms with E-state index >= 15 is 0 Å². The van der Waals surface area contributed by atoms with E-state index in [4.69, 9.17) is 4.74 Å². The molecule has 21 heavy (non-hydrogen) atoms. The van der Waals surface area contributed by atoms with Crippen LogP contribution in [-0.4, -0.2) is 29.8 Å². The maximum absolute atomic E-state index is 11.8. The van der Waals surface area contributed by atoms with E-state index in [1.54, 1.807) is 6.08 Å². The van der Waals surface area contributed by atoms with Gasteiger partial charge in [-0.2, -0.15) is 0 Å². The van der Waals surface area contributed by atoms with E-state index in [1.807, 2.05) is 32.0 Å². The number of amides is 1. The van der Waals surface area contributed by atoms with Gasteiger partial charge in [-0.1, -0.05) is 19.9 Å². The van der Waals surface area contributed by atoms with Crippen LogP contribution in [0, 0.1) is 0 Å². The van der Waals surface area contributed by atoms with Crippen molar-refractivity contribution < 1.29 is 14.6 Å². The molecular formula is C17H23NO3. The van der Waals surface area contributed by atoms with Crippen LogP contribution in [0.15, 0.2) is 24.3 Å². The highest BCUT2D eigenvalue weighted by molar-refractivity contribution is 5.91. The van der Waals surface area contributed by atoms with E-state index in [1.165, 1.54) is 11.6 Å². The quantitative estimate of drug-likeness (QED) is 0.790. The fraction of sp³-hybridized carbons (Fsp3) is 0.471. The summed E-state index contributed by atoms with van der Waals surface area (Å²) in [5, 5.41) is 12.9. The number of carbonyl (C=O) groups excluding carboxylic acids is 1. The molecule has 4 heteroatoms. The number of carbonyl (C=O) groups is 1. The third kappa shape index (κ3) is 4.08. The summed E-state index contributed by atoms with van der Waals surface area (Å²) in [5.41, 5.74) is 1.36. The van der Waals surface area contributed by atoms with Gasteiger partial charge in [0.05, 0.1) is 12.2 Å². The summed E-state index contributed by atoms with van der Waals surface area (Å²) in [4.78, 5) is 11.8. The number of hydrogen-bond acceptors (Lipinski definition) is 3. The minimum atomic E-state index is -0.811. The van der Waals surface area contributed by atoms with Crippen LogP contribution in [0.2, 0.25) is 0 Å². The van der Waals surface area contributed by atoms with Gasteiger partial charge in [-0.3, -0.25) is 4.79 Å². The van der Waals surface area contributed by atoms with Crippen molar-refractivity contribution in [3.8, 4) is 5.75 Å². The van der Waals surface area contributed by atoms with Gasteiger partial charge in [0.15, 0.2) is 0 Å². The van der Waals surface area contributed by atoms with E-state index < -0.39 is 5.60 Å². The minimum absolute atomic E-state index is 0.188. The molecular weight excluding hydrogens is 266 g/mol. The van der Waals surface area contributed by atoms with Gasteiger partial charge in [-0.05, 0) is 42.2 Å². The Balaban J connectivity index is 1.90. The highest BCUT2D eigenvalue weighted by atomic mass is 16.5. The van der Waals surface area contributed by atoms with Crippen molar-refractivity contribution in [3.05, 3.63) is 35.4 Å². The Morgan fingerprint density at radius 3 is 2.90 bits per heavy atom. The summed E-state index contributed by atoms with van der Waals surface area (Å²) >= 11 is 0. The van der Waals surface area contributed by atoms with Crippen molar-refractivity contribution in [2.24, 2.45) is 0 Å². The summed E-state index contributed by atoms with van der Waals surface area (Å²) in [7, 11) is 0. The molecule has 0 fully saturated rings. The van der Waals surface area contributed by atoms with Crippen molar-refractivity contribution in [1.82, 2.24) is 5.32 Å². The fourth-order valence-electron chi connectivity index (χ4n) is 2.29. The maximum Gasteiger partial charge on any atom is 0.244 e. The van der Waals surface area contributed by atoms with Crippen LogP contribution in [0.1, 0.15) is 37.8 Å². The molecule has 0 bridgehead atoms. The van der Waals surface area contributed by atoms with Gasteiger partial charge in [0.25, 0.3) is 0 Å². The monoisotopic (exact) mass is 289 g/mol. The smallest absolute Gasteiger partial charge is 0.244 e. The van der Waals surface area contributed by atoms with Crippen molar-refractivity contribution in [1.29, 1.82) is 0 Å². The Morgan fingerprint density at radius 2 is 2.19 bits per heavy atom. The number of rotatable bonds is 6. The predicted molar refractivity (Wildman–Crippen MR) is 83.2 cm³/mol. The number of benzene rings is 1. The lowest BCUT2D eigenvalue weighted by Crippen LogP contribution is -2.41. The molecule has 2 rings (SSSR count). The molecule has 1 aromatic carbocycles. The molecule has 114 valence electrons. The molecule has 0 aliphatic carbocycles. The zero-order chi connectivity index (χ0) is 15.3. The van der Waals surface area contributed by atoms with E-state index in [-0.39, 0.29) is 12.5 Å². The molecule has 4 nitrogen and oxygen atoms in total. The van der Waals surface area contributed by atoms with Crippen molar-refractivity contribution >= 4 is 12.0 Å². The van der Waals surface area contributed by atoms with Gasteiger partial charge in [0.1, 0.15) is 5.75 Å². The lowest BCUT2D eigenvalue weighted by Gasteiger charge is -2.24. The summed E-state index contributed by atoms with van der Waals surface area (Å²) in [5.74, 6) is 0.750. The Labute approximate surface area is 125 Å². The first-order chi connectivity index (χ1) is 10.1. The third-order valence-electron chi connectivity index (χ3n) is 4.05. The SMILES string of the molecule is CCC(O)(CC)CNC(=O)C=Cc1ccc2c(c1)CCO2. The summed E-state index contributed by atoms with van der Waals surface area (Å²) in [6.07, 6.45) is 5.45. The van der Waals surface area contributed by atoms with Gasteiger partial charge < -0.3 is 15.2 Å². The Bertz CT molecular complexity index is 533. The molecule has 0 aromatic heterocycles. The normalized spacial score (nSPS) is 14.0. The largest absolute Gasteiger partial charge is 0.493 e. The summed E-state index contributed by atoms with van der Waals surface area (Å²) in [6, 6.07) is 5.91. The maximum atomic E-state index is 11.8. The van der Waals surface area contributed by atoms with Crippen LogP contribution in [-0.2, 0) is 11.2 Å². The molecule has 0 saturated carbocycles. The lowest BCUT2D eigenvalue weighted by atomic mass is 9.98. The van der Waals surface area contributed by atoms with Crippen molar-refractivity contribution in [3.63, 3.8) is 0 Å². The second-order valence-corrected chi connectivity index (χ2v) is 5.45. The van der Waals surface area contributed by atoms with Crippen LogP contribution in [0.4, 0.5) is 0 Å². The topological polar surface area (TPSA) is 58.6 Å². The average Bonchev–Trinajstić information content (AvgIpc) is 2.98. The van der Waals surface area contributed by atoms with Gasteiger partial charge in [-0.15, -0.1) is 0 Å². The van der Waals surface area contributed by atoms with E-state index in [0.717, 1.165) is 24.3 Å². The second-order valence-electron chi connectivity index (χ2n) is 5.45. The average molecular weight is 289 g/mol. The van der Waals surface area contributed by atoms with Crippen LogP contribution in [0.25, 0.3) is 6.08 Å². The number of nitrogens with one attached hydrogen (secondary N) is 1. The molecule has 0 atom stereocenters. The van der Waals surface area contributed by atoms with Crippen molar-refractivity contribution in [2.45, 2.75) is 38.7 Å². The van der Waals surface area contributed by atoms with E-state index in [2.05, 4.69) is 5.32 Å². The first-order valence-corrected chi connectivity index (χ1v) is 7.50. The number of ether oxygens (including phenoxy) is 1. The predicted octanol–water partition coefficient (Wildman–Crippen LogP) is 2.30. The first kappa shape index (κ1) is 15.6. The second kappa shape index (κ2) is 6.76. The zero-order valence-corrected chi connectivity index (χ0v) is 12.7. The Hall–Kier alpha value is -1.81. The van der Waals surface area contributed by atoms with Gasteiger partial charge in [0.2, 0.25) is 5.91 Å². The number of aliphatic hydroxyl groups is 1. The van der Waals surface area contributed by atoms with Gasteiger partial charge in [0, 0.05) is 19.0 Å².